The molecule has 0 N–H and O–H groups in total. The highest BCUT2D eigenvalue weighted by molar-refractivity contribution is 5.21. The molecule has 122 valence electrons. The molecule has 2 rings (SSSR count). The van der Waals surface area contributed by atoms with Crippen LogP contribution in [0.25, 0.3) is 0 Å². The van der Waals surface area contributed by atoms with Gasteiger partial charge in [-0.15, -0.1) is 0 Å². The molecule has 0 fully saturated rings. The average molecular weight is 293 g/mol. The lowest BCUT2D eigenvalue weighted by atomic mass is 10.2. The molecule has 0 spiro atoms. The number of aryl methyl sites for hydroxylation is 4. The predicted molar refractivity (Wildman–Crippen MR) is 95.0 cm³/mol. The fourth-order valence-corrected chi connectivity index (χ4v) is 1.61. The summed E-state index contributed by atoms with van der Waals surface area (Å²) in [6.45, 7) is 18.4. The molecule has 0 aliphatic carbocycles. The van der Waals surface area contributed by atoms with Gasteiger partial charge >= 0.3 is 0 Å². The molecule has 0 saturated carbocycles. The van der Waals surface area contributed by atoms with Gasteiger partial charge in [0.25, 0.3) is 0 Å². The van der Waals surface area contributed by atoms with Gasteiger partial charge in [0, 0.05) is 31.7 Å². The Morgan fingerprint density at radius 1 is 0.810 bits per heavy atom. The zero-order chi connectivity index (χ0) is 17.2. The minimum atomic E-state index is 1.13. The number of hydrogen-bond donors (Lipinski definition) is 0. The molecule has 0 amide bonds. The zero-order valence-corrected chi connectivity index (χ0v) is 16.0. The van der Waals surface area contributed by atoms with Gasteiger partial charge in [0.2, 0.25) is 0 Å². The van der Waals surface area contributed by atoms with Crippen LogP contribution < -0.4 is 0 Å². The van der Waals surface area contributed by atoms with Gasteiger partial charge < -0.3 is 4.57 Å². The summed E-state index contributed by atoms with van der Waals surface area (Å²) in [7, 11) is 4.03. The minimum Gasteiger partial charge on any atom is -0.354 e. The fourth-order valence-electron chi connectivity index (χ4n) is 1.61. The van der Waals surface area contributed by atoms with Crippen molar-refractivity contribution in [3.63, 3.8) is 0 Å². The van der Waals surface area contributed by atoms with Crippen molar-refractivity contribution in [2.24, 2.45) is 14.1 Å². The van der Waals surface area contributed by atoms with Crippen LogP contribution in [0.15, 0.2) is 12.3 Å². The Hall–Kier alpha value is -1.51. The highest BCUT2D eigenvalue weighted by Crippen LogP contribution is 2.08. The monoisotopic (exact) mass is 293 g/mol. The van der Waals surface area contributed by atoms with Gasteiger partial charge in [0.1, 0.15) is 0 Å². The lowest BCUT2D eigenvalue weighted by Crippen LogP contribution is -1.92. The molecule has 0 aromatic carbocycles. The van der Waals surface area contributed by atoms with Crippen molar-refractivity contribution >= 4 is 0 Å². The molecule has 2 aromatic heterocycles. The van der Waals surface area contributed by atoms with Crippen LogP contribution in [0.3, 0.4) is 0 Å². The first-order chi connectivity index (χ1) is 9.84. The maximum atomic E-state index is 4.23. The van der Waals surface area contributed by atoms with E-state index in [2.05, 4.69) is 56.7 Å². The van der Waals surface area contributed by atoms with E-state index in [1.807, 2.05) is 46.3 Å². The maximum absolute atomic E-state index is 4.23. The Morgan fingerprint density at radius 3 is 1.38 bits per heavy atom. The van der Waals surface area contributed by atoms with E-state index in [0.717, 1.165) is 5.69 Å². The van der Waals surface area contributed by atoms with Crippen molar-refractivity contribution in [1.29, 1.82) is 0 Å². The topological polar surface area (TPSA) is 22.8 Å². The third kappa shape index (κ3) is 6.65. The first-order valence-corrected chi connectivity index (χ1v) is 7.90. The third-order valence-corrected chi connectivity index (χ3v) is 3.52. The van der Waals surface area contributed by atoms with Crippen LogP contribution >= 0.6 is 0 Å². The van der Waals surface area contributed by atoms with Crippen LogP contribution in [0.2, 0.25) is 0 Å². The van der Waals surface area contributed by atoms with E-state index in [-0.39, 0.29) is 0 Å². The Balaban J connectivity index is 0. The summed E-state index contributed by atoms with van der Waals surface area (Å²) in [5.74, 6) is 0. The Bertz CT molecular complexity index is 463. The van der Waals surface area contributed by atoms with Crippen LogP contribution in [-0.4, -0.2) is 14.3 Å². The third-order valence-electron chi connectivity index (χ3n) is 3.52. The second-order valence-corrected chi connectivity index (χ2v) is 4.61. The summed E-state index contributed by atoms with van der Waals surface area (Å²) in [6, 6.07) is 2.12. The van der Waals surface area contributed by atoms with Crippen LogP contribution in [0.5, 0.6) is 0 Å². The van der Waals surface area contributed by atoms with Crippen LogP contribution in [0.4, 0.5) is 0 Å². The lowest BCUT2D eigenvalue weighted by Gasteiger charge is -1.93. The van der Waals surface area contributed by atoms with Crippen molar-refractivity contribution in [3.05, 3.63) is 40.5 Å². The molecule has 0 atom stereocenters. The second kappa shape index (κ2) is 11.2. The van der Waals surface area contributed by atoms with Crippen LogP contribution in [-0.2, 0) is 14.1 Å². The summed E-state index contributed by atoms with van der Waals surface area (Å²) < 4.78 is 4.03. The summed E-state index contributed by atoms with van der Waals surface area (Å²) in [4.78, 5) is 0. The highest BCUT2D eigenvalue weighted by Gasteiger charge is 2.01. The molecular weight excluding hydrogens is 258 g/mol. The fraction of sp³-hybridized carbons (Fsp3) is 0.611. The first kappa shape index (κ1) is 21.8. The Kier molecular flexibility index (Phi) is 11.6. The SMILES string of the molecule is CC.CC.Cc1ccn(C)c1C.Cc1nn(C)c(C)c1C. The number of aromatic nitrogens is 3. The van der Waals surface area contributed by atoms with E-state index in [1.54, 1.807) is 0 Å². The molecule has 0 radical (unpaired) electrons. The zero-order valence-electron chi connectivity index (χ0n) is 16.0. The van der Waals surface area contributed by atoms with Crippen molar-refractivity contribution < 1.29 is 0 Å². The largest absolute Gasteiger partial charge is 0.354 e. The molecule has 2 aromatic rings. The average Bonchev–Trinajstić information content (AvgIpc) is 2.92. The lowest BCUT2D eigenvalue weighted by molar-refractivity contribution is 0.730. The van der Waals surface area contributed by atoms with Gasteiger partial charge in [0.05, 0.1) is 5.69 Å². The van der Waals surface area contributed by atoms with Gasteiger partial charge in [-0.3, -0.25) is 4.68 Å². The molecule has 0 saturated heterocycles. The van der Waals surface area contributed by atoms with E-state index in [4.69, 9.17) is 0 Å². The highest BCUT2D eigenvalue weighted by atomic mass is 15.3. The molecule has 2 heterocycles. The number of rotatable bonds is 0. The quantitative estimate of drug-likeness (QED) is 0.667. The summed E-state index contributed by atoms with van der Waals surface area (Å²) in [5.41, 5.74) is 6.41. The van der Waals surface area contributed by atoms with Crippen molar-refractivity contribution in [2.75, 3.05) is 0 Å². The van der Waals surface area contributed by atoms with E-state index in [0.29, 0.717) is 0 Å². The first-order valence-electron chi connectivity index (χ1n) is 7.90. The smallest absolute Gasteiger partial charge is 0.0625 e. The second-order valence-electron chi connectivity index (χ2n) is 4.61. The van der Waals surface area contributed by atoms with Gasteiger partial charge in [-0.25, -0.2) is 0 Å². The van der Waals surface area contributed by atoms with E-state index in [1.165, 1.54) is 22.5 Å². The Morgan fingerprint density at radius 2 is 1.29 bits per heavy atom. The molecule has 3 heteroatoms. The van der Waals surface area contributed by atoms with Crippen molar-refractivity contribution in [2.45, 2.75) is 62.3 Å². The summed E-state index contributed by atoms with van der Waals surface area (Å²) >= 11 is 0. The number of nitrogens with zero attached hydrogens (tertiary/aromatic N) is 3. The van der Waals surface area contributed by atoms with E-state index >= 15 is 0 Å². The van der Waals surface area contributed by atoms with Gasteiger partial charge in [-0.05, 0) is 51.8 Å². The normalized spacial score (nSPS) is 8.71. The van der Waals surface area contributed by atoms with Crippen LogP contribution in [0, 0.1) is 34.6 Å². The molecule has 0 unspecified atom stereocenters. The minimum absolute atomic E-state index is 1.13. The molecule has 3 nitrogen and oxygen atoms in total. The van der Waals surface area contributed by atoms with E-state index < -0.39 is 0 Å². The van der Waals surface area contributed by atoms with Gasteiger partial charge in [-0.1, -0.05) is 27.7 Å². The predicted octanol–water partition coefficient (Wildman–Crippen LogP) is 5.04. The molecular formula is C18H35N3. The summed E-state index contributed by atoms with van der Waals surface area (Å²) in [6.07, 6.45) is 2.07. The molecule has 0 aliphatic heterocycles. The maximum Gasteiger partial charge on any atom is 0.0625 e. The van der Waals surface area contributed by atoms with Crippen molar-refractivity contribution in [1.82, 2.24) is 14.3 Å². The van der Waals surface area contributed by atoms with E-state index in [9.17, 15) is 0 Å². The summed E-state index contributed by atoms with van der Waals surface area (Å²) in [5, 5.41) is 4.23. The Labute approximate surface area is 132 Å². The van der Waals surface area contributed by atoms with Gasteiger partial charge in [0.15, 0.2) is 0 Å². The molecule has 0 aliphatic rings. The van der Waals surface area contributed by atoms with Crippen molar-refractivity contribution in [3.8, 4) is 0 Å². The van der Waals surface area contributed by atoms with Gasteiger partial charge in [-0.2, -0.15) is 5.10 Å². The molecule has 21 heavy (non-hydrogen) atoms. The molecule has 0 bridgehead atoms. The van der Waals surface area contributed by atoms with Crippen LogP contribution in [0.1, 0.15) is 55.9 Å². The number of hydrogen-bond acceptors (Lipinski definition) is 1. The standard InChI is InChI=1S/C7H12N2.C7H11N.2C2H6/c1-5-6(2)8-9(4)7(5)3;1-6-4-5-8(3)7(6)2;2*1-2/h1-4H3;4-5H,1-3H3;2*1-2H3.